The number of aliphatic carboxylic acids is 1. The first-order chi connectivity index (χ1) is 35.9. The molecule has 4 aliphatic rings. The standard InChI is InChI=1S/C47H60F2N10O10.C2HF3O2/c1-55-38-24-27(7-11-35(38)59(46(55)67)37-13-15-40(61)54-43(37)64)5-3-4-26-16-19-56(20-17-26)45(66)34(23-28-6-9-30(48)31(49)22-28)53-41(62)33(10-14-39(51)60)52-42(63)36-12-8-29-18-21-57(47(68)69-2)25-32(50)44(65)58(29)36;3-2(4,5)1(6)7/h6-7,9,11,22,24,26,29,32-34,36-37H,3-5,8,10,12-21,23,25,50H2,1-2H3,(H2,51,60)(H,52,63)(H,53,62)(H,54,61,64);(H,6,7)/t29-,32+,33+,34+,36+,37?;/m1./s1. The van der Waals surface area contributed by atoms with Gasteiger partial charge < -0.3 is 46.6 Å². The number of imide groups is 1. The molecule has 4 aliphatic heterocycles. The van der Waals surface area contributed by atoms with Crippen LogP contribution in [0, 0.1) is 17.6 Å². The molecule has 0 saturated carbocycles. The fourth-order valence-electron chi connectivity index (χ4n) is 10.2. The summed E-state index contributed by atoms with van der Waals surface area (Å²) in [5.74, 6) is -8.89. The van der Waals surface area contributed by atoms with E-state index in [1.807, 2.05) is 18.2 Å². The van der Waals surface area contributed by atoms with Gasteiger partial charge in [0.1, 0.15) is 30.2 Å². The number of nitrogens with zero attached hydrogens (tertiary/aromatic N) is 5. The Morgan fingerprint density at radius 2 is 1.53 bits per heavy atom. The number of benzene rings is 2. The number of carboxylic acid groups (broad SMARTS) is 1. The van der Waals surface area contributed by atoms with Crippen LogP contribution in [0.5, 0.6) is 0 Å². The second-order valence-corrected chi connectivity index (χ2v) is 19.3. The second-order valence-electron chi connectivity index (χ2n) is 19.3. The number of ether oxygens (including phenoxy) is 1. The molecule has 7 rings (SSSR count). The number of rotatable bonds is 15. The van der Waals surface area contributed by atoms with Gasteiger partial charge in [-0.2, -0.15) is 13.2 Å². The van der Waals surface area contributed by atoms with Crippen molar-refractivity contribution < 1.29 is 74.9 Å². The van der Waals surface area contributed by atoms with Gasteiger partial charge in [0.05, 0.1) is 18.1 Å². The first-order valence-corrected chi connectivity index (χ1v) is 24.7. The SMILES string of the molecule is COC(=O)N1CC[C@H]2CC[C@@H](C(=O)N[C@@H](CCC(N)=O)C(=O)N[C@@H](Cc3ccc(F)c(F)c3)C(=O)N3CCC(CCCc4ccc5c(c4)n(C)c(=O)n5C4CCC(=O)NC4=O)CC3)N2C(=O)[C@@H](N)C1.O=C(O)C(F)(F)F. The lowest BCUT2D eigenvalue weighted by Gasteiger charge is -2.37. The van der Waals surface area contributed by atoms with E-state index in [1.165, 1.54) is 32.1 Å². The number of aromatic nitrogens is 2. The molecule has 1 aromatic heterocycles. The Morgan fingerprint density at radius 3 is 2.16 bits per heavy atom. The Morgan fingerprint density at radius 1 is 0.855 bits per heavy atom. The van der Waals surface area contributed by atoms with Crippen LogP contribution in [0.3, 0.4) is 0 Å². The molecular weight excluding hydrogens is 1020 g/mol. The summed E-state index contributed by atoms with van der Waals surface area (Å²) < 4.78 is 67.9. The number of hydrogen-bond donors (Lipinski definition) is 6. The van der Waals surface area contributed by atoms with Gasteiger partial charge in [0, 0.05) is 58.5 Å². The number of carbonyl (C=O) groups is 9. The zero-order chi connectivity index (χ0) is 55.8. The number of amides is 8. The number of nitrogens with one attached hydrogen (secondary N) is 3. The highest BCUT2D eigenvalue weighted by molar-refractivity contribution is 6.00. The van der Waals surface area contributed by atoms with E-state index in [2.05, 4.69) is 16.0 Å². The summed E-state index contributed by atoms with van der Waals surface area (Å²) in [5.41, 5.74) is 13.8. The quantitative estimate of drug-likeness (QED) is 0.0929. The van der Waals surface area contributed by atoms with Gasteiger partial charge >= 0.3 is 23.9 Å². The van der Waals surface area contributed by atoms with E-state index in [4.69, 9.17) is 26.1 Å². The number of imidazole rings is 1. The molecule has 0 radical (unpaired) electrons. The van der Waals surface area contributed by atoms with Gasteiger partial charge in [-0.1, -0.05) is 12.1 Å². The molecule has 27 heteroatoms. The fraction of sp³-hybridized carbons (Fsp3) is 0.551. The predicted octanol–water partition coefficient (Wildman–Crippen LogP) is 1.43. The maximum Gasteiger partial charge on any atom is 0.490 e. The summed E-state index contributed by atoms with van der Waals surface area (Å²) in [6.07, 6.45) is -1.46. The lowest BCUT2D eigenvalue weighted by atomic mass is 9.90. The van der Waals surface area contributed by atoms with Crippen molar-refractivity contribution in [2.24, 2.45) is 24.4 Å². The van der Waals surface area contributed by atoms with Crippen LogP contribution in [-0.2, 0) is 63.0 Å². The number of hydrogen-bond acceptors (Lipinski definition) is 12. The lowest BCUT2D eigenvalue weighted by molar-refractivity contribution is -0.192. The van der Waals surface area contributed by atoms with Crippen LogP contribution in [-0.4, -0.2) is 152 Å². The van der Waals surface area contributed by atoms with Crippen LogP contribution in [0.15, 0.2) is 41.2 Å². The van der Waals surface area contributed by atoms with Crippen LogP contribution in [0.25, 0.3) is 11.0 Å². The van der Waals surface area contributed by atoms with E-state index in [-0.39, 0.29) is 74.7 Å². The lowest BCUT2D eigenvalue weighted by Crippen LogP contribution is -2.61. The molecule has 76 heavy (non-hydrogen) atoms. The largest absolute Gasteiger partial charge is 0.490 e. The van der Waals surface area contributed by atoms with Crippen molar-refractivity contribution in [2.45, 2.75) is 126 Å². The number of nitrogens with two attached hydrogens (primary N) is 2. The van der Waals surface area contributed by atoms with Gasteiger partial charge in [0.25, 0.3) is 0 Å². The third-order valence-electron chi connectivity index (χ3n) is 14.2. The monoisotopic (exact) mass is 1080 g/mol. The van der Waals surface area contributed by atoms with Crippen molar-refractivity contribution in [3.05, 3.63) is 69.6 Å². The van der Waals surface area contributed by atoms with Gasteiger partial charge in [0.2, 0.25) is 41.4 Å². The maximum atomic E-state index is 14.4. The molecule has 22 nitrogen and oxygen atoms in total. The van der Waals surface area contributed by atoms with E-state index in [0.717, 1.165) is 30.5 Å². The fourth-order valence-corrected chi connectivity index (χ4v) is 10.2. The topological polar surface area (TPSA) is 308 Å². The number of aryl methyl sites for hydroxylation is 2. The van der Waals surface area contributed by atoms with Crippen LogP contribution in [0.4, 0.5) is 26.7 Å². The molecule has 8 N–H and O–H groups in total. The van der Waals surface area contributed by atoms with Crippen LogP contribution >= 0.6 is 0 Å². The minimum Gasteiger partial charge on any atom is -0.475 e. The number of primary amides is 1. The minimum absolute atomic E-state index is 0.131. The van der Waals surface area contributed by atoms with Crippen LogP contribution < -0.4 is 33.1 Å². The number of carboxylic acids is 1. The van der Waals surface area contributed by atoms with Gasteiger partial charge in [-0.15, -0.1) is 0 Å². The minimum atomic E-state index is -5.08. The highest BCUT2D eigenvalue weighted by Gasteiger charge is 2.45. The molecule has 414 valence electrons. The number of carbonyl (C=O) groups excluding carboxylic acids is 8. The van der Waals surface area contributed by atoms with Crippen molar-refractivity contribution in [2.75, 3.05) is 33.3 Å². The maximum absolute atomic E-state index is 14.4. The zero-order valence-electron chi connectivity index (χ0n) is 41.7. The van der Waals surface area contributed by atoms with Crippen molar-refractivity contribution in [1.82, 2.24) is 39.8 Å². The molecule has 4 fully saturated rings. The first-order valence-electron chi connectivity index (χ1n) is 24.7. The van der Waals surface area contributed by atoms with E-state index in [0.29, 0.717) is 56.2 Å². The number of methoxy groups -OCH3 is 1. The summed E-state index contributed by atoms with van der Waals surface area (Å²) in [6.45, 7) is 0.800. The van der Waals surface area contributed by atoms with Gasteiger partial charge in [-0.3, -0.25) is 48.0 Å². The molecule has 5 heterocycles. The Bertz CT molecular complexity index is 2780. The molecule has 6 atom stereocenters. The molecule has 0 spiro atoms. The highest BCUT2D eigenvalue weighted by atomic mass is 19.4. The third-order valence-corrected chi connectivity index (χ3v) is 14.2. The molecule has 0 aliphatic carbocycles. The number of alkyl halides is 3. The van der Waals surface area contributed by atoms with Crippen LogP contribution in [0.2, 0.25) is 0 Å². The average molecular weight is 1080 g/mol. The Labute approximate surface area is 431 Å². The van der Waals surface area contributed by atoms with Gasteiger partial charge in [0.15, 0.2) is 11.6 Å². The zero-order valence-corrected chi connectivity index (χ0v) is 41.7. The van der Waals surface area contributed by atoms with E-state index >= 15 is 0 Å². The van der Waals surface area contributed by atoms with Crippen molar-refractivity contribution >= 4 is 64.4 Å². The summed E-state index contributed by atoms with van der Waals surface area (Å²) in [7, 11) is 2.87. The average Bonchev–Trinajstić information content (AvgIpc) is 3.90. The van der Waals surface area contributed by atoms with Crippen molar-refractivity contribution in [1.29, 1.82) is 0 Å². The van der Waals surface area contributed by atoms with E-state index < -0.39 is 102 Å². The van der Waals surface area contributed by atoms with Gasteiger partial charge in [-0.25, -0.2) is 23.2 Å². The molecule has 4 saturated heterocycles. The van der Waals surface area contributed by atoms with E-state index in [1.54, 1.807) is 11.9 Å². The number of fused-ring (bicyclic) bond motifs is 2. The smallest absolute Gasteiger partial charge is 0.475 e. The second kappa shape index (κ2) is 24.9. The third kappa shape index (κ3) is 14.1. The molecule has 1 unspecified atom stereocenters. The van der Waals surface area contributed by atoms with Crippen molar-refractivity contribution in [3.63, 3.8) is 0 Å². The Kier molecular flexibility index (Phi) is 19.0. The molecule has 3 aromatic rings. The summed E-state index contributed by atoms with van der Waals surface area (Å²) in [6, 6.07) is 2.79. The number of likely N-dealkylation sites (tertiary alicyclic amines) is 1. The summed E-state index contributed by atoms with van der Waals surface area (Å²) in [4.78, 5) is 131. The summed E-state index contributed by atoms with van der Waals surface area (Å²) in [5, 5.41) is 14.8. The molecule has 0 bridgehead atoms. The normalized spacial score (nSPS) is 21.1. The number of halogens is 5. The first kappa shape index (κ1) is 57.8. The molecule has 8 amide bonds. The molecular formula is C49H61F5N10O12. The predicted molar refractivity (Wildman–Crippen MR) is 257 cm³/mol. The van der Waals surface area contributed by atoms with Crippen LogP contribution in [0.1, 0.15) is 87.8 Å². The molecule has 2 aromatic carbocycles. The summed E-state index contributed by atoms with van der Waals surface area (Å²) >= 11 is 0. The van der Waals surface area contributed by atoms with E-state index in [9.17, 15) is 65.1 Å². The Balaban J connectivity index is 0.00000125. The highest BCUT2D eigenvalue weighted by Crippen LogP contribution is 2.31. The van der Waals surface area contributed by atoms with Crippen molar-refractivity contribution in [3.8, 4) is 0 Å². The Hall–Kier alpha value is -7.45. The number of piperidine rings is 2. The van der Waals surface area contributed by atoms with Gasteiger partial charge in [-0.05, 0) is 106 Å².